The molecule has 3 atom stereocenters. The molecule has 1 aliphatic rings. The second-order valence-electron chi connectivity index (χ2n) is 12.4. The number of amides is 5. The lowest BCUT2D eigenvalue weighted by molar-refractivity contribution is -0.134. The molecular formula is C35H44ClN5O6. The summed E-state index contributed by atoms with van der Waals surface area (Å²) in [5.41, 5.74) is 3.06. The number of carbonyl (C=O) groups excluding carboxylic acids is 5. The molecular weight excluding hydrogens is 622 g/mol. The van der Waals surface area contributed by atoms with Crippen molar-refractivity contribution in [1.29, 1.82) is 0 Å². The topological polar surface area (TPSA) is 150 Å². The van der Waals surface area contributed by atoms with Gasteiger partial charge in [-0.2, -0.15) is 0 Å². The minimum absolute atomic E-state index is 0.0733. The standard InChI is InChI=1S/C35H44ClN5O6/c1-21(2)32-35(46)37-13-9-15-41(31(43)18-25-20-47-29-16-22(3)27(36)19-26(25)29)14-8-12-30(42)39-28(17-24-10-6-5-7-11-24)34(45)38-23(4)33(44)40-32/h5-7,10-11,16,19-21,23,28,32H,8-9,12-15,17-18H2,1-4H3,(H,37,46)(H,38,45)(H,39,42)(H,40,44)/t23-,28+,32-/m1/s1. The quantitative estimate of drug-likeness (QED) is 0.328. The zero-order chi connectivity index (χ0) is 34.1. The lowest BCUT2D eigenvalue weighted by Gasteiger charge is -2.26. The summed E-state index contributed by atoms with van der Waals surface area (Å²) >= 11 is 6.35. The van der Waals surface area contributed by atoms with Crippen molar-refractivity contribution in [2.75, 3.05) is 19.6 Å². The third-order valence-electron chi connectivity index (χ3n) is 8.30. The Hall–Kier alpha value is -4.38. The largest absolute Gasteiger partial charge is 0.464 e. The van der Waals surface area contributed by atoms with Crippen molar-refractivity contribution in [2.24, 2.45) is 5.92 Å². The van der Waals surface area contributed by atoms with Crippen LogP contribution in [-0.2, 0) is 36.8 Å². The Morgan fingerprint density at radius 2 is 1.70 bits per heavy atom. The molecule has 4 rings (SSSR count). The van der Waals surface area contributed by atoms with Crippen molar-refractivity contribution in [3.63, 3.8) is 0 Å². The van der Waals surface area contributed by atoms with Gasteiger partial charge in [0.1, 0.15) is 23.7 Å². The average Bonchev–Trinajstić information content (AvgIpc) is 3.40. The number of nitrogens with one attached hydrogen (secondary N) is 4. The lowest BCUT2D eigenvalue weighted by Crippen LogP contribution is -2.57. The van der Waals surface area contributed by atoms with Crippen LogP contribution in [-0.4, -0.2) is 72.2 Å². The van der Waals surface area contributed by atoms with Crippen molar-refractivity contribution in [1.82, 2.24) is 26.2 Å². The van der Waals surface area contributed by atoms with E-state index in [2.05, 4.69) is 21.3 Å². The van der Waals surface area contributed by atoms with Crippen LogP contribution in [0.5, 0.6) is 0 Å². The van der Waals surface area contributed by atoms with Crippen molar-refractivity contribution in [3.05, 3.63) is 70.4 Å². The fourth-order valence-electron chi connectivity index (χ4n) is 5.51. The van der Waals surface area contributed by atoms with Gasteiger partial charge in [-0.15, -0.1) is 0 Å². The van der Waals surface area contributed by atoms with Gasteiger partial charge in [0.2, 0.25) is 29.5 Å². The van der Waals surface area contributed by atoms with Crippen LogP contribution in [0.4, 0.5) is 0 Å². The first-order chi connectivity index (χ1) is 22.4. The molecule has 0 unspecified atom stereocenters. The Morgan fingerprint density at radius 1 is 0.979 bits per heavy atom. The van der Waals surface area contributed by atoms with Crippen molar-refractivity contribution < 1.29 is 28.4 Å². The Bertz CT molecular complexity index is 1590. The van der Waals surface area contributed by atoms with Gasteiger partial charge in [0.05, 0.1) is 12.7 Å². The maximum Gasteiger partial charge on any atom is 0.243 e. The van der Waals surface area contributed by atoms with E-state index in [4.69, 9.17) is 16.0 Å². The minimum Gasteiger partial charge on any atom is -0.464 e. The molecule has 252 valence electrons. The molecule has 1 saturated heterocycles. The van der Waals surface area contributed by atoms with E-state index in [1.54, 1.807) is 17.2 Å². The monoisotopic (exact) mass is 665 g/mol. The minimum atomic E-state index is -0.947. The zero-order valence-electron chi connectivity index (χ0n) is 27.4. The van der Waals surface area contributed by atoms with Gasteiger partial charge in [-0.3, -0.25) is 24.0 Å². The number of fused-ring (bicyclic) bond motifs is 1. The zero-order valence-corrected chi connectivity index (χ0v) is 28.1. The molecule has 1 aromatic heterocycles. The van der Waals surface area contributed by atoms with Gasteiger partial charge in [0, 0.05) is 48.4 Å². The second-order valence-corrected chi connectivity index (χ2v) is 12.8. The van der Waals surface area contributed by atoms with E-state index >= 15 is 0 Å². The molecule has 3 aromatic rings. The Kier molecular flexibility index (Phi) is 12.4. The highest BCUT2D eigenvalue weighted by Gasteiger charge is 2.29. The lowest BCUT2D eigenvalue weighted by atomic mass is 10.0. The van der Waals surface area contributed by atoms with Crippen molar-refractivity contribution in [3.8, 4) is 0 Å². The van der Waals surface area contributed by atoms with E-state index in [0.717, 1.165) is 16.5 Å². The van der Waals surface area contributed by atoms with Crippen LogP contribution in [0.25, 0.3) is 11.0 Å². The molecule has 0 bridgehead atoms. The maximum absolute atomic E-state index is 13.6. The maximum atomic E-state index is 13.6. The smallest absolute Gasteiger partial charge is 0.243 e. The van der Waals surface area contributed by atoms with Crippen molar-refractivity contribution in [2.45, 2.75) is 77.9 Å². The molecule has 0 saturated carbocycles. The van der Waals surface area contributed by atoms with E-state index in [-0.39, 0.29) is 49.4 Å². The van der Waals surface area contributed by atoms with Crippen LogP contribution >= 0.6 is 11.6 Å². The Morgan fingerprint density at radius 3 is 2.43 bits per heavy atom. The highest BCUT2D eigenvalue weighted by molar-refractivity contribution is 6.32. The van der Waals surface area contributed by atoms with Crippen LogP contribution in [0, 0.1) is 12.8 Å². The first-order valence-corrected chi connectivity index (χ1v) is 16.5. The molecule has 1 aliphatic heterocycles. The SMILES string of the molecule is Cc1cc2occ(CC(=O)N3CCCNC(=O)[C@@H](C(C)C)NC(=O)[C@@H](C)NC(=O)[C@H](Cc4ccccc4)NC(=O)CCC3)c2cc1Cl. The van der Waals surface area contributed by atoms with Gasteiger partial charge >= 0.3 is 0 Å². The molecule has 12 heteroatoms. The van der Waals surface area contributed by atoms with Crippen LogP contribution in [0.1, 0.15) is 56.7 Å². The van der Waals surface area contributed by atoms with Crippen LogP contribution in [0.3, 0.4) is 0 Å². The van der Waals surface area contributed by atoms with Crippen LogP contribution in [0.2, 0.25) is 5.02 Å². The highest BCUT2D eigenvalue weighted by Crippen LogP contribution is 2.28. The predicted octanol–water partition coefficient (Wildman–Crippen LogP) is 3.44. The number of halogens is 1. The van der Waals surface area contributed by atoms with Gasteiger partial charge in [0.15, 0.2) is 0 Å². The van der Waals surface area contributed by atoms with E-state index in [0.29, 0.717) is 42.1 Å². The number of benzene rings is 2. The number of nitrogens with zero attached hydrogens (tertiary/aromatic N) is 1. The molecule has 47 heavy (non-hydrogen) atoms. The predicted molar refractivity (Wildman–Crippen MR) is 180 cm³/mol. The number of carbonyl (C=O) groups is 5. The second kappa shape index (κ2) is 16.4. The first kappa shape index (κ1) is 35.5. The number of rotatable bonds is 5. The number of hydrogen-bond acceptors (Lipinski definition) is 6. The number of hydrogen-bond donors (Lipinski definition) is 4. The van der Waals surface area contributed by atoms with Gasteiger partial charge in [0.25, 0.3) is 0 Å². The molecule has 0 spiro atoms. The Labute approximate surface area is 280 Å². The van der Waals surface area contributed by atoms with Crippen LogP contribution < -0.4 is 21.3 Å². The van der Waals surface area contributed by atoms with E-state index < -0.39 is 29.9 Å². The fourth-order valence-corrected chi connectivity index (χ4v) is 5.68. The van der Waals surface area contributed by atoms with E-state index in [9.17, 15) is 24.0 Å². The summed E-state index contributed by atoms with van der Waals surface area (Å²) in [6.07, 6.45) is 2.75. The van der Waals surface area contributed by atoms with E-state index in [1.807, 2.05) is 57.2 Å². The average molecular weight is 666 g/mol. The molecule has 0 radical (unpaired) electrons. The van der Waals surface area contributed by atoms with Crippen molar-refractivity contribution >= 4 is 52.1 Å². The summed E-state index contributed by atoms with van der Waals surface area (Å²) in [5, 5.41) is 12.5. The number of aryl methyl sites for hydroxylation is 1. The third kappa shape index (κ3) is 9.81. The molecule has 2 aromatic carbocycles. The van der Waals surface area contributed by atoms with E-state index in [1.165, 1.54) is 6.92 Å². The van der Waals surface area contributed by atoms with Crippen LogP contribution in [0.15, 0.2) is 53.1 Å². The molecule has 1 fully saturated rings. The van der Waals surface area contributed by atoms with Gasteiger partial charge in [-0.25, -0.2) is 0 Å². The molecule has 4 N–H and O–H groups in total. The normalized spacial score (nSPS) is 21.0. The van der Waals surface area contributed by atoms with Gasteiger partial charge in [-0.05, 0) is 55.9 Å². The molecule has 11 nitrogen and oxygen atoms in total. The first-order valence-electron chi connectivity index (χ1n) is 16.1. The molecule has 0 aliphatic carbocycles. The third-order valence-corrected chi connectivity index (χ3v) is 8.71. The summed E-state index contributed by atoms with van der Waals surface area (Å²) in [6.45, 7) is 7.97. The van der Waals surface area contributed by atoms with Gasteiger partial charge in [-0.1, -0.05) is 55.8 Å². The summed E-state index contributed by atoms with van der Waals surface area (Å²) in [4.78, 5) is 67.9. The Balaban J connectivity index is 1.53. The summed E-state index contributed by atoms with van der Waals surface area (Å²) in [5.74, 6) is -2.11. The summed E-state index contributed by atoms with van der Waals surface area (Å²) < 4.78 is 5.69. The molecule has 5 amide bonds. The number of furan rings is 1. The summed E-state index contributed by atoms with van der Waals surface area (Å²) in [7, 11) is 0. The highest BCUT2D eigenvalue weighted by atomic mass is 35.5. The molecule has 2 heterocycles. The van der Waals surface area contributed by atoms with Gasteiger partial charge < -0.3 is 30.6 Å². The summed E-state index contributed by atoms with van der Waals surface area (Å²) in [6, 6.07) is 10.2. The fraction of sp³-hybridized carbons (Fsp3) is 0.457.